The van der Waals surface area contributed by atoms with Crippen LogP contribution in [-0.4, -0.2) is 40.1 Å². The first-order valence-electron chi connectivity index (χ1n) is 10.8. The van der Waals surface area contributed by atoms with Gasteiger partial charge in [0.25, 0.3) is 5.56 Å². The Morgan fingerprint density at radius 1 is 1.10 bits per heavy atom. The number of benzene rings is 2. The Bertz CT molecular complexity index is 1200. The van der Waals surface area contributed by atoms with Crippen LogP contribution in [0.3, 0.4) is 0 Å². The lowest BCUT2D eigenvalue weighted by molar-refractivity contribution is -0.132. The third-order valence-electron chi connectivity index (χ3n) is 6.08. The van der Waals surface area contributed by atoms with Crippen molar-refractivity contribution in [3.63, 3.8) is 0 Å². The highest BCUT2D eigenvalue weighted by atomic mass is 16.5. The van der Waals surface area contributed by atoms with Gasteiger partial charge in [-0.15, -0.1) is 0 Å². The normalized spacial score (nSPS) is 18.2. The van der Waals surface area contributed by atoms with Gasteiger partial charge in [-0.3, -0.25) is 14.2 Å². The van der Waals surface area contributed by atoms with Crippen LogP contribution in [-0.2, 0) is 11.3 Å². The van der Waals surface area contributed by atoms with E-state index in [9.17, 15) is 9.59 Å². The van der Waals surface area contributed by atoms with E-state index in [1.165, 1.54) is 4.57 Å². The fourth-order valence-electron chi connectivity index (χ4n) is 4.49. The molecule has 0 spiro atoms. The van der Waals surface area contributed by atoms with Crippen molar-refractivity contribution < 1.29 is 14.3 Å². The molecule has 0 N–H and O–H groups in total. The van der Waals surface area contributed by atoms with E-state index in [4.69, 9.17) is 9.47 Å². The maximum atomic E-state index is 13.3. The van der Waals surface area contributed by atoms with Gasteiger partial charge in [-0.1, -0.05) is 18.2 Å². The Hall–Kier alpha value is -3.35. The van der Waals surface area contributed by atoms with Crippen LogP contribution >= 0.6 is 0 Å². The van der Waals surface area contributed by atoms with E-state index in [2.05, 4.69) is 4.98 Å². The minimum Gasteiger partial charge on any atom is -0.490 e. The second kappa shape index (κ2) is 8.06. The molecule has 7 nitrogen and oxygen atoms in total. The molecule has 0 saturated carbocycles. The Morgan fingerprint density at radius 2 is 1.90 bits per heavy atom. The van der Waals surface area contributed by atoms with Gasteiger partial charge in [0.2, 0.25) is 5.91 Å². The van der Waals surface area contributed by atoms with E-state index >= 15 is 0 Å². The summed E-state index contributed by atoms with van der Waals surface area (Å²) in [6, 6.07) is 13.1. The van der Waals surface area contributed by atoms with Crippen molar-refractivity contribution in [2.45, 2.75) is 38.8 Å². The molecule has 31 heavy (non-hydrogen) atoms. The molecule has 1 amide bonds. The lowest BCUT2D eigenvalue weighted by Gasteiger charge is -2.26. The number of aromatic nitrogens is 2. The number of hydrogen-bond acceptors (Lipinski definition) is 5. The summed E-state index contributed by atoms with van der Waals surface area (Å²) in [7, 11) is 0. The molecule has 5 rings (SSSR count). The number of amides is 1. The van der Waals surface area contributed by atoms with E-state index < -0.39 is 0 Å². The monoisotopic (exact) mass is 419 g/mol. The number of rotatable bonds is 3. The van der Waals surface area contributed by atoms with Crippen LogP contribution in [0.1, 0.15) is 36.7 Å². The van der Waals surface area contributed by atoms with Crippen molar-refractivity contribution in [1.82, 2.24) is 14.5 Å². The van der Waals surface area contributed by atoms with Crippen molar-refractivity contribution in [2.75, 3.05) is 19.8 Å². The van der Waals surface area contributed by atoms with Gasteiger partial charge in [-0.05, 0) is 49.6 Å². The Morgan fingerprint density at radius 3 is 2.77 bits per heavy atom. The molecule has 3 aromatic rings. The summed E-state index contributed by atoms with van der Waals surface area (Å²) in [5, 5.41) is 0.529. The predicted octanol–water partition coefficient (Wildman–Crippen LogP) is 3.23. The van der Waals surface area contributed by atoms with Crippen LogP contribution in [0.5, 0.6) is 11.5 Å². The fraction of sp³-hybridized carbons (Fsp3) is 0.375. The molecule has 1 fully saturated rings. The minimum absolute atomic E-state index is 0.0104. The molecule has 7 heteroatoms. The maximum Gasteiger partial charge on any atom is 0.261 e. The van der Waals surface area contributed by atoms with Gasteiger partial charge in [0.1, 0.15) is 12.4 Å². The van der Waals surface area contributed by atoms with E-state index in [-0.39, 0.29) is 24.1 Å². The van der Waals surface area contributed by atoms with Crippen LogP contribution in [0.15, 0.2) is 47.3 Å². The highest BCUT2D eigenvalue weighted by Gasteiger charge is 2.31. The highest BCUT2D eigenvalue weighted by Crippen LogP contribution is 2.38. The molecule has 0 aliphatic carbocycles. The third-order valence-corrected chi connectivity index (χ3v) is 6.08. The zero-order valence-corrected chi connectivity index (χ0v) is 17.5. The van der Waals surface area contributed by atoms with Crippen molar-refractivity contribution in [2.24, 2.45) is 0 Å². The standard InChI is InChI=1S/C24H25N3O4/c1-16-25-19-7-3-2-6-18(19)24(29)27(16)15-23(28)26-11-4-8-20(26)17-9-10-21-22(14-17)31-13-5-12-30-21/h2-3,6-7,9-10,14,20H,4-5,8,11-13,15H2,1H3. The number of likely N-dealkylation sites (tertiary alicyclic amines) is 1. The summed E-state index contributed by atoms with van der Waals surface area (Å²) in [5.41, 5.74) is 1.51. The van der Waals surface area contributed by atoms with E-state index in [1.807, 2.05) is 41.3 Å². The van der Waals surface area contributed by atoms with E-state index in [0.29, 0.717) is 36.5 Å². The maximum absolute atomic E-state index is 13.3. The average molecular weight is 419 g/mol. The molecule has 0 bridgehead atoms. The Kier molecular flexibility index (Phi) is 5.10. The first-order chi connectivity index (χ1) is 15.1. The van der Waals surface area contributed by atoms with Gasteiger partial charge >= 0.3 is 0 Å². The fourth-order valence-corrected chi connectivity index (χ4v) is 4.49. The van der Waals surface area contributed by atoms with Crippen LogP contribution < -0.4 is 15.0 Å². The summed E-state index contributed by atoms with van der Waals surface area (Å²) in [4.78, 5) is 32.6. The predicted molar refractivity (Wildman–Crippen MR) is 116 cm³/mol. The van der Waals surface area contributed by atoms with Gasteiger partial charge in [-0.25, -0.2) is 4.98 Å². The molecule has 160 valence electrons. The van der Waals surface area contributed by atoms with Crippen molar-refractivity contribution >= 4 is 16.8 Å². The van der Waals surface area contributed by atoms with Crippen molar-refractivity contribution in [3.05, 3.63) is 64.2 Å². The number of nitrogens with zero attached hydrogens (tertiary/aromatic N) is 3. The van der Waals surface area contributed by atoms with Gasteiger partial charge in [0, 0.05) is 13.0 Å². The van der Waals surface area contributed by atoms with Crippen molar-refractivity contribution in [1.29, 1.82) is 0 Å². The summed E-state index contributed by atoms with van der Waals surface area (Å²) >= 11 is 0. The second-order valence-electron chi connectivity index (χ2n) is 8.07. The van der Waals surface area contributed by atoms with Gasteiger partial charge in [0.15, 0.2) is 11.5 Å². The minimum atomic E-state index is -0.178. The highest BCUT2D eigenvalue weighted by molar-refractivity contribution is 5.79. The number of para-hydroxylation sites is 1. The van der Waals surface area contributed by atoms with Gasteiger partial charge < -0.3 is 14.4 Å². The summed E-state index contributed by atoms with van der Waals surface area (Å²) in [5.74, 6) is 1.96. The number of aryl methyl sites for hydroxylation is 1. The third kappa shape index (κ3) is 3.65. The molecule has 0 radical (unpaired) electrons. The van der Waals surface area contributed by atoms with Crippen molar-refractivity contribution in [3.8, 4) is 11.5 Å². The number of carbonyl (C=O) groups excluding carboxylic acids is 1. The first kappa shape index (κ1) is 19.6. The van der Waals surface area contributed by atoms with E-state index in [0.717, 1.165) is 36.3 Å². The second-order valence-corrected chi connectivity index (χ2v) is 8.07. The van der Waals surface area contributed by atoms with Gasteiger partial charge in [-0.2, -0.15) is 0 Å². The molecule has 3 heterocycles. The zero-order chi connectivity index (χ0) is 21.4. The number of fused-ring (bicyclic) bond motifs is 2. The number of ether oxygens (including phenoxy) is 2. The quantitative estimate of drug-likeness (QED) is 0.652. The number of hydrogen-bond donors (Lipinski definition) is 0. The molecule has 2 aliphatic rings. The average Bonchev–Trinajstić information content (AvgIpc) is 3.15. The largest absolute Gasteiger partial charge is 0.490 e. The molecular formula is C24H25N3O4. The molecular weight excluding hydrogens is 394 g/mol. The topological polar surface area (TPSA) is 73.7 Å². The number of carbonyl (C=O) groups is 1. The van der Waals surface area contributed by atoms with Crippen LogP contribution in [0.2, 0.25) is 0 Å². The molecule has 1 unspecified atom stereocenters. The molecule has 1 atom stereocenters. The van der Waals surface area contributed by atoms with Gasteiger partial charge in [0.05, 0.1) is 30.2 Å². The van der Waals surface area contributed by atoms with E-state index in [1.54, 1.807) is 13.0 Å². The zero-order valence-electron chi connectivity index (χ0n) is 17.5. The smallest absolute Gasteiger partial charge is 0.261 e. The Balaban J connectivity index is 1.42. The van der Waals surface area contributed by atoms with Crippen LogP contribution in [0, 0.1) is 6.92 Å². The van der Waals surface area contributed by atoms with Crippen LogP contribution in [0.25, 0.3) is 10.9 Å². The SMILES string of the molecule is Cc1nc2ccccc2c(=O)n1CC(=O)N1CCCC1c1ccc2c(c1)OCCCO2. The molecule has 1 saturated heterocycles. The van der Waals surface area contributed by atoms with Crippen LogP contribution in [0.4, 0.5) is 0 Å². The summed E-state index contributed by atoms with van der Waals surface area (Å²) < 4.78 is 13.0. The summed E-state index contributed by atoms with van der Waals surface area (Å²) in [6.07, 6.45) is 2.66. The summed E-state index contributed by atoms with van der Waals surface area (Å²) in [6.45, 7) is 3.71. The first-order valence-corrected chi connectivity index (χ1v) is 10.8. The lowest BCUT2D eigenvalue weighted by atomic mass is 10.0. The molecule has 2 aromatic carbocycles. The lowest BCUT2D eigenvalue weighted by Crippen LogP contribution is -2.37. The Labute approximate surface area is 180 Å². The molecule has 1 aromatic heterocycles. The molecule has 2 aliphatic heterocycles.